The van der Waals surface area contributed by atoms with Crippen molar-refractivity contribution in [3.8, 4) is 23.1 Å². The van der Waals surface area contributed by atoms with Gasteiger partial charge in [0.05, 0.1) is 17.9 Å². The number of pyridine rings is 1. The number of fused-ring (bicyclic) bond motifs is 2. The lowest BCUT2D eigenvalue weighted by Gasteiger charge is -2.17. The molecule has 9 heteroatoms. The fourth-order valence-corrected chi connectivity index (χ4v) is 4.52. The average molecular weight is 487 g/mol. The van der Waals surface area contributed by atoms with Gasteiger partial charge in [-0.25, -0.2) is 9.37 Å². The van der Waals surface area contributed by atoms with Crippen molar-refractivity contribution in [2.45, 2.75) is 37.5 Å². The molecule has 1 N–H and O–H groups in total. The smallest absolute Gasteiger partial charge is 0.417 e. The Labute approximate surface area is 198 Å². The van der Waals surface area contributed by atoms with Gasteiger partial charge in [0.1, 0.15) is 29.2 Å². The molecule has 5 nitrogen and oxygen atoms in total. The second-order valence-corrected chi connectivity index (χ2v) is 8.55. The Balaban J connectivity index is 1.35. The fraction of sp³-hybridized carbons (Fsp3) is 0.269. The number of aliphatic hydroxyl groups excluding tert-OH is 1. The molecule has 2 heterocycles. The average Bonchev–Trinajstić information content (AvgIpc) is 3.40. The third kappa shape index (κ3) is 4.62. The van der Waals surface area contributed by atoms with Crippen LogP contribution in [-0.2, 0) is 12.6 Å². The number of allylic oxidation sites excluding steroid dienone is 1. The number of rotatable bonds is 6. The first-order chi connectivity index (χ1) is 16.7. The lowest BCUT2D eigenvalue weighted by atomic mass is 9.97. The quantitative estimate of drug-likeness (QED) is 0.299. The third-order valence-electron chi connectivity index (χ3n) is 6.14. The molecule has 2 aliphatic rings. The van der Waals surface area contributed by atoms with E-state index < -0.39 is 23.7 Å². The van der Waals surface area contributed by atoms with E-state index in [4.69, 9.17) is 14.2 Å². The van der Waals surface area contributed by atoms with Crippen molar-refractivity contribution < 1.29 is 36.9 Å². The summed E-state index contributed by atoms with van der Waals surface area (Å²) < 4.78 is 70.7. The van der Waals surface area contributed by atoms with Crippen LogP contribution >= 0.6 is 0 Å². The Bertz CT molecular complexity index is 1270. The van der Waals surface area contributed by atoms with Crippen LogP contribution in [0.3, 0.4) is 0 Å². The summed E-state index contributed by atoms with van der Waals surface area (Å²) in [6.45, 7) is 3.96. The molecule has 182 valence electrons. The molecular formula is C26H21F4NO4. The maximum absolute atomic E-state index is 14.8. The maximum Gasteiger partial charge on any atom is 0.417 e. The first kappa shape index (κ1) is 23.0. The van der Waals surface area contributed by atoms with Crippen LogP contribution in [0.15, 0.2) is 61.0 Å². The Morgan fingerprint density at radius 3 is 2.71 bits per heavy atom. The van der Waals surface area contributed by atoms with Crippen LogP contribution in [0.1, 0.15) is 47.1 Å². The lowest BCUT2D eigenvalue weighted by molar-refractivity contribution is -0.137. The molecule has 0 bridgehead atoms. The van der Waals surface area contributed by atoms with Gasteiger partial charge in [-0.3, -0.25) is 0 Å². The maximum atomic E-state index is 14.8. The van der Waals surface area contributed by atoms with Gasteiger partial charge < -0.3 is 19.3 Å². The van der Waals surface area contributed by atoms with E-state index in [-0.39, 0.29) is 17.6 Å². The van der Waals surface area contributed by atoms with E-state index in [0.29, 0.717) is 60.4 Å². The number of aromatic nitrogens is 1. The molecule has 0 saturated carbocycles. The van der Waals surface area contributed by atoms with E-state index in [1.807, 2.05) is 6.07 Å². The normalized spacial score (nSPS) is 18.5. The standard InChI is InChI=1S/C26H21F4NO4/c1-14(32)10-15-13-33-23-11-17(3-4-18(15)23)34-22-7-5-19-21(8-6-20(27)25(19)22)35-24-9-2-16(12-31-24)26(28,29)30/h2-4,6,8-9,11-12,15,22,32H,1,5,7,10,13H2/t15-,22-/m1/s1. The van der Waals surface area contributed by atoms with Crippen LogP contribution in [-0.4, -0.2) is 16.7 Å². The molecule has 0 amide bonds. The molecule has 0 unspecified atom stereocenters. The molecule has 1 aliphatic heterocycles. The Kier molecular flexibility index (Phi) is 5.78. The summed E-state index contributed by atoms with van der Waals surface area (Å²) in [4.78, 5) is 3.73. The molecule has 5 rings (SSSR count). The number of alkyl halides is 3. The van der Waals surface area contributed by atoms with Crippen LogP contribution in [0.2, 0.25) is 0 Å². The van der Waals surface area contributed by atoms with Gasteiger partial charge in [-0.15, -0.1) is 0 Å². The fourth-order valence-electron chi connectivity index (χ4n) is 4.52. The summed E-state index contributed by atoms with van der Waals surface area (Å²) in [6, 6.07) is 10.1. The van der Waals surface area contributed by atoms with Crippen LogP contribution in [0.25, 0.3) is 0 Å². The van der Waals surface area contributed by atoms with E-state index in [2.05, 4.69) is 11.6 Å². The van der Waals surface area contributed by atoms with Crippen LogP contribution in [0.4, 0.5) is 17.6 Å². The molecule has 2 atom stereocenters. The van der Waals surface area contributed by atoms with E-state index >= 15 is 0 Å². The zero-order chi connectivity index (χ0) is 24.7. The first-order valence-electron chi connectivity index (χ1n) is 11.0. The third-order valence-corrected chi connectivity index (χ3v) is 6.14. The molecule has 3 aromatic rings. The topological polar surface area (TPSA) is 60.8 Å². The molecule has 0 saturated heterocycles. The van der Waals surface area contributed by atoms with Gasteiger partial charge in [0.25, 0.3) is 0 Å². The highest BCUT2D eigenvalue weighted by Crippen LogP contribution is 2.44. The number of aliphatic hydroxyl groups is 1. The molecule has 0 spiro atoms. The van der Waals surface area contributed by atoms with Crippen molar-refractivity contribution in [2.24, 2.45) is 0 Å². The van der Waals surface area contributed by atoms with Gasteiger partial charge in [0.2, 0.25) is 5.88 Å². The van der Waals surface area contributed by atoms with Crippen LogP contribution < -0.4 is 14.2 Å². The number of hydrogen-bond donors (Lipinski definition) is 1. The van der Waals surface area contributed by atoms with Crippen molar-refractivity contribution in [1.29, 1.82) is 0 Å². The van der Waals surface area contributed by atoms with Gasteiger partial charge in [0, 0.05) is 47.4 Å². The molecule has 35 heavy (non-hydrogen) atoms. The van der Waals surface area contributed by atoms with E-state index in [9.17, 15) is 22.7 Å². The van der Waals surface area contributed by atoms with Crippen molar-refractivity contribution in [3.05, 3.63) is 89.1 Å². The summed E-state index contributed by atoms with van der Waals surface area (Å²) in [6.07, 6.45) is -2.99. The summed E-state index contributed by atoms with van der Waals surface area (Å²) in [5.74, 6) is 1.12. The minimum atomic E-state index is -4.50. The van der Waals surface area contributed by atoms with Gasteiger partial charge in [-0.2, -0.15) is 13.2 Å². The summed E-state index contributed by atoms with van der Waals surface area (Å²) in [5, 5.41) is 9.49. The summed E-state index contributed by atoms with van der Waals surface area (Å²) >= 11 is 0. The predicted molar refractivity (Wildman–Crippen MR) is 118 cm³/mol. The van der Waals surface area contributed by atoms with Crippen LogP contribution in [0.5, 0.6) is 23.1 Å². The molecule has 0 radical (unpaired) electrons. The van der Waals surface area contributed by atoms with Crippen molar-refractivity contribution >= 4 is 0 Å². The van der Waals surface area contributed by atoms with Gasteiger partial charge in [-0.05, 0) is 37.1 Å². The second-order valence-electron chi connectivity index (χ2n) is 8.55. The monoisotopic (exact) mass is 487 g/mol. The Hall–Kier alpha value is -3.75. The highest BCUT2D eigenvalue weighted by Gasteiger charge is 2.33. The summed E-state index contributed by atoms with van der Waals surface area (Å²) in [5.41, 5.74) is 1.01. The lowest BCUT2D eigenvalue weighted by Crippen LogP contribution is -2.06. The second kappa shape index (κ2) is 8.79. The van der Waals surface area contributed by atoms with E-state index in [1.54, 1.807) is 12.1 Å². The summed E-state index contributed by atoms with van der Waals surface area (Å²) in [7, 11) is 0. The van der Waals surface area contributed by atoms with Gasteiger partial charge in [0.15, 0.2) is 0 Å². The Morgan fingerprint density at radius 2 is 2.00 bits per heavy atom. The number of hydrogen-bond acceptors (Lipinski definition) is 5. The Morgan fingerprint density at radius 1 is 1.17 bits per heavy atom. The highest BCUT2D eigenvalue weighted by atomic mass is 19.4. The molecule has 1 aromatic heterocycles. The number of benzene rings is 2. The van der Waals surface area contributed by atoms with E-state index in [1.165, 1.54) is 12.1 Å². The molecule has 1 aliphatic carbocycles. The number of ether oxygens (including phenoxy) is 3. The van der Waals surface area contributed by atoms with E-state index in [0.717, 1.165) is 17.7 Å². The molecule has 2 aromatic carbocycles. The highest BCUT2D eigenvalue weighted by molar-refractivity contribution is 5.49. The minimum absolute atomic E-state index is 0.0136. The van der Waals surface area contributed by atoms with Gasteiger partial charge in [-0.1, -0.05) is 12.6 Å². The number of halogens is 4. The van der Waals surface area contributed by atoms with Crippen molar-refractivity contribution in [1.82, 2.24) is 4.98 Å². The van der Waals surface area contributed by atoms with Crippen molar-refractivity contribution in [3.63, 3.8) is 0 Å². The first-order valence-corrected chi connectivity index (χ1v) is 11.0. The predicted octanol–water partition coefficient (Wildman–Crippen LogP) is 7.04. The zero-order valence-corrected chi connectivity index (χ0v) is 18.4. The SMILES string of the molecule is C=C(O)C[C@@H]1COc2cc(O[C@@H]3CCc4c(Oc5ccc(C(F)(F)F)cn5)ccc(F)c43)ccc21. The zero-order valence-electron chi connectivity index (χ0n) is 18.4. The largest absolute Gasteiger partial charge is 0.513 e. The van der Waals surface area contributed by atoms with Gasteiger partial charge >= 0.3 is 6.18 Å². The molecule has 0 fully saturated rings. The van der Waals surface area contributed by atoms with Crippen molar-refractivity contribution in [2.75, 3.05) is 6.61 Å². The number of nitrogens with zero attached hydrogens (tertiary/aromatic N) is 1. The molecular weight excluding hydrogens is 466 g/mol. The minimum Gasteiger partial charge on any atom is -0.513 e. The van der Waals surface area contributed by atoms with Crippen LogP contribution in [0, 0.1) is 5.82 Å².